The van der Waals surface area contributed by atoms with Crippen molar-refractivity contribution in [3.63, 3.8) is 0 Å². The molecule has 0 atom stereocenters. The van der Waals surface area contributed by atoms with Crippen molar-refractivity contribution in [1.82, 2.24) is 4.98 Å². The maximum absolute atomic E-state index is 11.0. The summed E-state index contributed by atoms with van der Waals surface area (Å²) in [4.78, 5) is 4.19. The Kier molecular flexibility index (Phi) is 5.49. The van der Waals surface area contributed by atoms with Crippen LogP contribution in [0.3, 0.4) is 0 Å². The molecule has 0 aliphatic heterocycles. The molecule has 1 aromatic heterocycles. The molecule has 0 saturated carbocycles. The molecule has 8 heteroatoms. The molecule has 0 saturated heterocycles. The van der Waals surface area contributed by atoms with Crippen molar-refractivity contribution in [2.45, 2.75) is 6.42 Å². The molecule has 5 nitrogen and oxygen atoms in total. The number of aromatic nitrogens is 1. The monoisotopic (exact) mass is 311 g/mol. The van der Waals surface area contributed by atoms with Gasteiger partial charge >= 0.3 is 0 Å². The van der Waals surface area contributed by atoms with E-state index in [9.17, 15) is 8.42 Å². The third kappa shape index (κ3) is 4.88. The van der Waals surface area contributed by atoms with Crippen molar-refractivity contribution < 1.29 is 8.42 Å². The van der Waals surface area contributed by atoms with Gasteiger partial charge in [-0.15, -0.1) is 0 Å². The van der Waals surface area contributed by atoms with Crippen LogP contribution in [0.25, 0.3) is 0 Å². The molecule has 0 amide bonds. The van der Waals surface area contributed by atoms with Gasteiger partial charge in [0.1, 0.15) is 21.5 Å². The molecule has 0 aromatic carbocycles. The van der Waals surface area contributed by atoms with Gasteiger partial charge in [0.05, 0.1) is 15.8 Å². The lowest BCUT2D eigenvalue weighted by Crippen LogP contribution is -2.11. The molecule has 0 aliphatic carbocycles. The number of hydrogen-bond donors (Lipinski definition) is 2. The standard InChI is InChI=1S/C10H15Cl2N3O2S/c1-13-9-7(11)6-8(12)10(15-9)14-4-3-5-18(2,16)17/h6H,3-5H2,1-2H3,(H2,13,14,15). The zero-order chi connectivity index (χ0) is 13.8. The van der Waals surface area contributed by atoms with Gasteiger partial charge in [0.25, 0.3) is 0 Å². The van der Waals surface area contributed by atoms with Gasteiger partial charge < -0.3 is 10.6 Å². The lowest BCUT2D eigenvalue weighted by Gasteiger charge is -2.10. The lowest BCUT2D eigenvalue weighted by molar-refractivity contribution is 0.600. The maximum Gasteiger partial charge on any atom is 0.147 e. The molecule has 1 aromatic rings. The Hall–Kier alpha value is -0.720. The molecule has 18 heavy (non-hydrogen) atoms. The van der Waals surface area contributed by atoms with E-state index in [1.54, 1.807) is 13.1 Å². The van der Waals surface area contributed by atoms with Crippen LogP contribution in [-0.2, 0) is 9.84 Å². The Morgan fingerprint density at radius 3 is 2.44 bits per heavy atom. The summed E-state index contributed by atoms with van der Waals surface area (Å²) >= 11 is 11.9. The first-order chi connectivity index (χ1) is 8.33. The first kappa shape index (κ1) is 15.3. The fraction of sp³-hybridized carbons (Fsp3) is 0.500. The smallest absolute Gasteiger partial charge is 0.147 e. The molecule has 2 N–H and O–H groups in total. The highest BCUT2D eigenvalue weighted by Gasteiger charge is 2.08. The highest BCUT2D eigenvalue weighted by atomic mass is 35.5. The van der Waals surface area contributed by atoms with Crippen LogP contribution in [0.5, 0.6) is 0 Å². The summed E-state index contributed by atoms with van der Waals surface area (Å²) in [5.74, 6) is 1.13. The van der Waals surface area contributed by atoms with Gasteiger partial charge in [0.2, 0.25) is 0 Å². The van der Waals surface area contributed by atoms with E-state index in [1.165, 1.54) is 6.26 Å². The average molecular weight is 312 g/mol. The number of nitrogens with zero attached hydrogens (tertiary/aromatic N) is 1. The molecule has 0 aliphatic rings. The van der Waals surface area contributed by atoms with E-state index < -0.39 is 9.84 Å². The summed E-state index contributed by atoms with van der Waals surface area (Å²) in [5, 5.41) is 6.66. The summed E-state index contributed by atoms with van der Waals surface area (Å²) in [7, 11) is -1.23. The van der Waals surface area contributed by atoms with E-state index in [1.807, 2.05) is 0 Å². The number of sulfone groups is 1. The van der Waals surface area contributed by atoms with E-state index in [2.05, 4.69) is 15.6 Å². The quantitative estimate of drug-likeness (QED) is 0.789. The van der Waals surface area contributed by atoms with Crippen molar-refractivity contribution in [3.05, 3.63) is 16.1 Å². The number of hydrogen-bond acceptors (Lipinski definition) is 5. The second kappa shape index (κ2) is 6.45. The van der Waals surface area contributed by atoms with Crippen molar-refractivity contribution >= 4 is 44.7 Å². The Bertz CT molecular complexity index is 520. The number of rotatable bonds is 6. The van der Waals surface area contributed by atoms with Crippen molar-refractivity contribution in [2.24, 2.45) is 0 Å². The average Bonchev–Trinajstić information content (AvgIpc) is 2.25. The van der Waals surface area contributed by atoms with Gasteiger partial charge in [-0.05, 0) is 12.5 Å². The van der Waals surface area contributed by atoms with E-state index >= 15 is 0 Å². The van der Waals surface area contributed by atoms with E-state index in [4.69, 9.17) is 23.2 Å². The predicted molar refractivity (Wildman–Crippen MR) is 76.6 cm³/mol. The minimum absolute atomic E-state index is 0.129. The number of anilines is 2. The molecular weight excluding hydrogens is 297 g/mol. The molecule has 0 bridgehead atoms. The highest BCUT2D eigenvalue weighted by molar-refractivity contribution is 7.90. The minimum atomic E-state index is -2.94. The molecular formula is C10H15Cl2N3O2S. The minimum Gasteiger partial charge on any atom is -0.372 e. The first-order valence-electron chi connectivity index (χ1n) is 5.29. The van der Waals surface area contributed by atoms with Crippen LogP contribution in [0.4, 0.5) is 11.6 Å². The summed E-state index contributed by atoms with van der Waals surface area (Å²) in [5.41, 5.74) is 0. The van der Waals surface area contributed by atoms with Gasteiger partial charge in [0, 0.05) is 19.8 Å². The third-order valence-electron chi connectivity index (χ3n) is 2.15. The normalized spacial score (nSPS) is 11.3. The Labute approximate surface area is 117 Å². The van der Waals surface area contributed by atoms with Crippen LogP contribution in [0.15, 0.2) is 6.07 Å². The van der Waals surface area contributed by atoms with Gasteiger partial charge in [-0.2, -0.15) is 0 Å². The Morgan fingerprint density at radius 1 is 1.28 bits per heavy atom. The zero-order valence-corrected chi connectivity index (χ0v) is 12.5. The number of pyridine rings is 1. The largest absolute Gasteiger partial charge is 0.372 e. The summed E-state index contributed by atoms with van der Waals surface area (Å²) < 4.78 is 21.9. The van der Waals surface area contributed by atoms with Gasteiger partial charge in [-0.1, -0.05) is 23.2 Å². The SMILES string of the molecule is CNc1nc(NCCCS(C)(=O)=O)c(Cl)cc1Cl. The van der Waals surface area contributed by atoms with Crippen molar-refractivity contribution in [2.75, 3.05) is 36.2 Å². The van der Waals surface area contributed by atoms with Gasteiger partial charge in [-0.25, -0.2) is 13.4 Å². The molecule has 1 rings (SSSR count). The molecule has 0 radical (unpaired) electrons. The van der Waals surface area contributed by atoms with E-state index in [0.717, 1.165) is 0 Å². The second-order valence-electron chi connectivity index (χ2n) is 3.81. The van der Waals surface area contributed by atoms with Crippen LogP contribution in [0.1, 0.15) is 6.42 Å². The van der Waals surface area contributed by atoms with Gasteiger partial charge in [-0.3, -0.25) is 0 Å². The fourth-order valence-electron chi connectivity index (χ4n) is 1.31. The number of nitrogens with one attached hydrogen (secondary N) is 2. The topological polar surface area (TPSA) is 71.1 Å². The van der Waals surface area contributed by atoms with E-state index in [-0.39, 0.29) is 5.75 Å². The summed E-state index contributed by atoms with van der Waals surface area (Å²) in [6.07, 6.45) is 1.70. The number of halogens is 2. The zero-order valence-electron chi connectivity index (χ0n) is 10.1. The maximum atomic E-state index is 11.0. The third-order valence-corrected chi connectivity index (χ3v) is 3.76. The Morgan fingerprint density at radius 2 is 1.89 bits per heavy atom. The molecule has 0 spiro atoms. The van der Waals surface area contributed by atoms with E-state index in [0.29, 0.717) is 34.6 Å². The van der Waals surface area contributed by atoms with Crippen LogP contribution in [0, 0.1) is 0 Å². The first-order valence-corrected chi connectivity index (χ1v) is 8.10. The van der Waals surface area contributed by atoms with Crippen molar-refractivity contribution in [1.29, 1.82) is 0 Å². The molecule has 0 fully saturated rings. The van der Waals surface area contributed by atoms with Crippen LogP contribution < -0.4 is 10.6 Å². The van der Waals surface area contributed by atoms with Crippen LogP contribution in [-0.4, -0.2) is 39.0 Å². The fourth-order valence-corrected chi connectivity index (χ4v) is 2.50. The van der Waals surface area contributed by atoms with Gasteiger partial charge in [0.15, 0.2) is 0 Å². The Balaban J connectivity index is 2.62. The molecule has 0 unspecified atom stereocenters. The molecule has 1 heterocycles. The summed E-state index contributed by atoms with van der Waals surface area (Å²) in [6, 6.07) is 1.58. The predicted octanol–water partition coefficient (Wildman–Crippen LogP) is 2.28. The van der Waals surface area contributed by atoms with Crippen LogP contribution in [0.2, 0.25) is 10.0 Å². The summed E-state index contributed by atoms with van der Waals surface area (Å²) in [6.45, 7) is 0.477. The lowest BCUT2D eigenvalue weighted by atomic mass is 10.4. The van der Waals surface area contributed by atoms with Crippen molar-refractivity contribution in [3.8, 4) is 0 Å². The highest BCUT2D eigenvalue weighted by Crippen LogP contribution is 2.28. The molecule has 102 valence electrons. The second-order valence-corrected chi connectivity index (χ2v) is 6.88. The van der Waals surface area contributed by atoms with Crippen LogP contribution >= 0.6 is 23.2 Å².